The van der Waals surface area contributed by atoms with Crippen LogP contribution in [0.2, 0.25) is 0 Å². The summed E-state index contributed by atoms with van der Waals surface area (Å²) in [6.45, 7) is 0. The molecule has 0 aliphatic heterocycles. The molecule has 6 aromatic heterocycles. The number of anilines is 2. The van der Waals surface area contributed by atoms with Gasteiger partial charge >= 0.3 is 0 Å². The van der Waals surface area contributed by atoms with Crippen LogP contribution in [0.15, 0.2) is 200 Å². The van der Waals surface area contributed by atoms with Gasteiger partial charge in [0.1, 0.15) is 0 Å². The van der Waals surface area contributed by atoms with Crippen molar-refractivity contribution in [2.24, 2.45) is 0 Å². The molecular formula is C61H44BI2N2O2S6-. The number of hydrogen-bond donors (Lipinski definition) is 4. The lowest BCUT2D eigenvalue weighted by molar-refractivity contribution is 0.426. The van der Waals surface area contributed by atoms with Crippen LogP contribution in [-0.2, 0) is 0 Å². The number of nitrogen functional groups attached to an aromatic ring is 2. The highest BCUT2D eigenvalue weighted by Gasteiger charge is 2.16. The largest absolute Gasteiger partial charge is 0.582 e. The van der Waals surface area contributed by atoms with Gasteiger partial charge in [-0.25, -0.2) is 0 Å². The Morgan fingerprint density at radius 2 is 0.595 bits per heavy atom. The third-order valence-electron chi connectivity index (χ3n) is 12.6. The van der Waals surface area contributed by atoms with E-state index in [9.17, 15) is 0 Å². The maximum absolute atomic E-state index is 8.66. The first-order chi connectivity index (χ1) is 35.6. The van der Waals surface area contributed by atoms with E-state index in [-0.39, 0.29) is 7.43 Å². The van der Waals surface area contributed by atoms with Gasteiger partial charge in [-0.2, -0.15) is 5.46 Å². The highest BCUT2D eigenvalue weighted by molar-refractivity contribution is 14.1. The maximum atomic E-state index is 8.66. The zero-order valence-electron chi connectivity index (χ0n) is 38.5. The number of thiophene rings is 6. The minimum Gasteiger partial charge on any atom is -0.582 e. The summed E-state index contributed by atoms with van der Waals surface area (Å²) < 4.78 is 19.1. The van der Waals surface area contributed by atoms with Crippen molar-refractivity contribution in [1.29, 1.82) is 0 Å². The molecule has 4 nitrogen and oxygen atoms in total. The summed E-state index contributed by atoms with van der Waals surface area (Å²) in [7, 11) is -2.05. The molecule has 0 aliphatic rings. The number of benzene rings is 9. The quantitative estimate of drug-likeness (QED) is 0.0806. The molecule has 15 rings (SSSR count). The average molecular weight is 1290 g/mol. The molecule has 6 N–H and O–H groups in total. The maximum Gasteiger partial charge on any atom is 0.250 e. The summed E-state index contributed by atoms with van der Waals surface area (Å²) in [4.78, 5) is 0. The SMILES string of the molecule is C.Ic1ccc2c(c1)sc1c3ccc(I)cc3sc21.Nc1ccc2c(c1)sc1c3ccc(N)cc3sc21.O[BH-](O)c1ccccc1.c1ccc(-c2ccc3c(c2)sc2c4ccc(-c5ccccc5)cc4sc32)cc1. The van der Waals surface area contributed by atoms with E-state index in [1.54, 1.807) is 24.3 Å². The fourth-order valence-corrected chi connectivity index (χ4v) is 18.7. The number of hydrogen-bond acceptors (Lipinski definition) is 10. The van der Waals surface area contributed by atoms with Crippen molar-refractivity contribution in [3.63, 3.8) is 0 Å². The van der Waals surface area contributed by atoms with Crippen molar-refractivity contribution in [2.75, 3.05) is 11.5 Å². The van der Waals surface area contributed by atoms with E-state index in [4.69, 9.17) is 21.5 Å². The first kappa shape index (κ1) is 50.7. The number of nitrogens with two attached hydrogens (primary N) is 2. The standard InChI is InChI=1S/C26H16S2.C14H6I2S2.C14H10N2S2.C6H8BO2.CH4/c1-3-7-17(8-4-1)19-11-13-21-23(15-19)27-26-22-14-12-20(16-24(22)28-25(21)26)18-9-5-2-6-10-18;2*15-7-1-3-9-11(5-7)17-14-10-4-2-8(16)6-12(10)18-13(9)14;8-7(9)6-4-2-1-3-5-6;/h1-16H;1-6H;1-6H,15-16H2;1-5,7-9H;1H4/q;;;-1;. The molecule has 13 heteroatoms. The van der Waals surface area contributed by atoms with E-state index in [0.29, 0.717) is 5.46 Å². The van der Waals surface area contributed by atoms with Gasteiger partial charge in [0, 0.05) is 79.0 Å². The number of halogens is 2. The summed E-state index contributed by atoms with van der Waals surface area (Å²) in [5, 5.41) is 25.5. The van der Waals surface area contributed by atoms with Crippen molar-refractivity contribution in [3.8, 4) is 22.3 Å². The molecule has 0 aliphatic carbocycles. The molecule has 74 heavy (non-hydrogen) atoms. The predicted molar refractivity (Wildman–Crippen MR) is 354 cm³/mol. The fraction of sp³-hybridized carbons (Fsp3) is 0.0164. The Balaban J connectivity index is 0.000000112. The summed E-state index contributed by atoms with van der Waals surface area (Å²) in [6.07, 6.45) is 0. The van der Waals surface area contributed by atoms with Gasteiger partial charge in [0.15, 0.2) is 0 Å². The second-order valence-corrected chi connectivity index (χ2v) is 26.3. The average Bonchev–Trinajstić information content (AvgIpc) is 4.27. The van der Waals surface area contributed by atoms with Gasteiger partial charge in [0.05, 0.1) is 28.2 Å². The highest BCUT2D eigenvalue weighted by atomic mass is 127. The predicted octanol–water partition coefficient (Wildman–Crippen LogP) is 19.3. The summed E-state index contributed by atoms with van der Waals surface area (Å²) in [6, 6.07) is 69.6. The van der Waals surface area contributed by atoms with E-state index in [1.165, 1.54) is 118 Å². The lowest BCUT2D eigenvalue weighted by Gasteiger charge is -2.07. The normalized spacial score (nSPS) is 11.4. The lowest BCUT2D eigenvalue weighted by atomic mass is 9.81. The first-order valence-corrected chi connectivity index (χ1v) is 30.4. The van der Waals surface area contributed by atoms with Crippen LogP contribution < -0.4 is 16.9 Å². The van der Waals surface area contributed by atoms with Crippen LogP contribution in [0.4, 0.5) is 11.4 Å². The molecule has 0 spiro atoms. The minimum absolute atomic E-state index is 0. The number of fused-ring (bicyclic) bond motifs is 15. The zero-order chi connectivity index (χ0) is 49.7. The lowest BCUT2D eigenvalue weighted by Crippen LogP contribution is -2.29. The van der Waals surface area contributed by atoms with Gasteiger partial charge in [0.25, 0.3) is 0 Å². The summed E-state index contributed by atoms with van der Waals surface area (Å²) in [5.74, 6) is 0. The third-order valence-corrected chi connectivity index (χ3v) is 21.5. The molecule has 0 unspecified atom stereocenters. The van der Waals surface area contributed by atoms with Crippen LogP contribution >= 0.6 is 113 Å². The first-order valence-electron chi connectivity index (χ1n) is 23.3. The molecule has 0 saturated heterocycles. The van der Waals surface area contributed by atoms with E-state index in [2.05, 4.69) is 203 Å². The fourth-order valence-electron chi connectivity index (χ4n) is 9.06. The van der Waals surface area contributed by atoms with Crippen molar-refractivity contribution in [3.05, 3.63) is 207 Å². The van der Waals surface area contributed by atoms with Gasteiger partial charge in [0.2, 0.25) is 7.12 Å². The van der Waals surface area contributed by atoms with E-state index >= 15 is 0 Å². The molecule has 0 atom stereocenters. The van der Waals surface area contributed by atoms with E-state index in [0.717, 1.165) is 11.4 Å². The summed E-state index contributed by atoms with van der Waals surface area (Å²) in [5.41, 5.74) is 19.1. The van der Waals surface area contributed by atoms with Crippen LogP contribution in [0, 0.1) is 7.14 Å². The monoisotopic (exact) mass is 1290 g/mol. The second kappa shape index (κ2) is 21.7. The molecule has 0 saturated carbocycles. The smallest absolute Gasteiger partial charge is 0.250 e. The molecule has 9 aromatic carbocycles. The molecule has 364 valence electrons. The van der Waals surface area contributed by atoms with Crippen molar-refractivity contribution >= 4 is 226 Å². The second-order valence-electron chi connectivity index (χ2n) is 17.5. The van der Waals surface area contributed by atoms with Gasteiger partial charge in [-0.3, -0.25) is 0 Å². The van der Waals surface area contributed by atoms with Crippen LogP contribution in [0.5, 0.6) is 0 Å². The Kier molecular flexibility index (Phi) is 14.8. The van der Waals surface area contributed by atoms with Crippen molar-refractivity contribution < 1.29 is 10.0 Å². The van der Waals surface area contributed by atoms with E-state index < -0.39 is 7.12 Å². The van der Waals surface area contributed by atoms with Crippen molar-refractivity contribution in [1.82, 2.24) is 0 Å². The van der Waals surface area contributed by atoms with Crippen LogP contribution in [0.25, 0.3) is 111 Å². The Morgan fingerprint density at radius 1 is 0.311 bits per heavy atom. The van der Waals surface area contributed by atoms with Gasteiger partial charge in [-0.1, -0.05) is 147 Å². The third kappa shape index (κ3) is 10.1. The molecule has 6 heterocycles. The Hall–Kier alpha value is -5.44. The number of rotatable bonds is 3. The molecule has 0 radical (unpaired) electrons. The van der Waals surface area contributed by atoms with Gasteiger partial charge < -0.3 is 21.5 Å². The zero-order valence-corrected chi connectivity index (χ0v) is 47.7. The Labute approximate surface area is 479 Å². The minimum atomic E-state index is -2.05. The molecular weight excluding hydrogens is 1250 g/mol. The van der Waals surface area contributed by atoms with Crippen LogP contribution in [0.3, 0.4) is 0 Å². The molecule has 0 bridgehead atoms. The summed E-state index contributed by atoms with van der Waals surface area (Å²) >= 11 is 16.1. The topological polar surface area (TPSA) is 92.5 Å². The Bertz CT molecular complexity index is 4070. The van der Waals surface area contributed by atoms with Gasteiger partial charge in [-0.15, -0.1) is 68.0 Å². The molecule has 0 amide bonds. The van der Waals surface area contributed by atoms with Crippen LogP contribution in [-0.4, -0.2) is 17.2 Å². The van der Waals surface area contributed by atoms with E-state index in [1.807, 2.05) is 86.2 Å². The molecule has 15 aromatic rings. The highest BCUT2D eigenvalue weighted by Crippen LogP contribution is 2.48. The van der Waals surface area contributed by atoms with Crippen molar-refractivity contribution in [2.45, 2.75) is 7.43 Å². The Morgan fingerprint density at radius 3 is 0.919 bits per heavy atom. The molecule has 0 fully saturated rings. The van der Waals surface area contributed by atoms with Gasteiger partial charge in [-0.05, 0) is 128 Å². The van der Waals surface area contributed by atoms with Crippen LogP contribution in [0.1, 0.15) is 7.43 Å².